The number of hydrogen-bond acceptors (Lipinski definition) is 7. The van der Waals surface area contributed by atoms with Crippen molar-refractivity contribution >= 4 is 50.2 Å². The number of rotatable bonds is 8. The maximum atomic E-state index is 13.1. The van der Waals surface area contributed by atoms with Crippen LogP contribution < -0.4 is 10.9 Å². The number of fused-ring (bicyclic) bond motifs is 2. The molecular formula is C32H47N5O4Si2. The van der Waals surface area contributed by atoms with E-state index in [-0.39, 0.29) is 33.4 Å². The number of nitrogens with zero attached hydrogens (tertiary/aromatic N) is 3. The van der Waals surface area contributed by atoms with Gasteiger partial charge >= 0.3 is 0 Å². The van der Waals surface area contributed by atoms with Gasteiger partial charge in [0.1, 0.15) is 12.3 Å². The average molecular weight is 622 g/mol. The number of benzene rings is 2. The molecule has 1 saturated heterocycles. The molecule has 2 aromatic heterocycles. The van der Waals surface area contributed by atoms with Gasteiger partial charge in [-0.15, -0.1) is 0 Å². The fourth-order valence-electron chi connectivity index (χ4n) is 4.87. The first-order valence-electron chi connectivity index (χ1n) is 15.2. The predicted molar refractivity (Wildman–Crippen MR) is 179 cm³/mol. The minimum Gasteiger partial charge on any atom is -0.414 e. The van der Waals surface area contributed by atoms with E-state index in [2.05, 4.69) is 95.1 Å². The molecular weight excluding hydrogens is 575 g/mol. The lowest BCUT2D eigenvalue weighted by atomic mass is 10.1. The molecule has 0 amide bonds. The molecule has 1 aliphatic heterocycles. The Kier molecular flexibility index (Phi) is 8.27. The van der Waals surface area contributed by atoms with E-state index in [1.807, 2.05) is 34.9 Å². The normalized spacial score (nSPS) is 20.3. The fourth-order valence-corrected chi connectivity index (χ4v) is 7.24. The molecule has 0 radical (unpaired) electrons. The summed E-state index contributed by atoms with van der Waals surface area (Å²) in [6.45, 7) is 23.0. The van der Waals surface area contributed by atoms with Crippen LogP contribution in [0.1, 0.15) is 54.2 Å². The molecule has 0 spiro atoms. The highest BCUT2D eigenvalue weighted by molar-refractivity contribution is 6.74. The van der Waals surface area contributed by atoms with Crippen molar-refractivity contribution in [2.45, 2.75) is 103 Å². The highest BCUT2D eigenvalue weighted by atomic mass is 28.4. The molecule has 0 aliphatic carbocycles. The number of hydrogen-bond donors (Lipinski definition) is 2. The molecule has 1 fully saturated rings. The van der Waals surface area contributed by atoms with Gasteiger partial charge in [-0.3, -0.25) is 14.3 Å². The first kappa shape index (κ1) is 31.6. The molecule has 4 aromatic rings. The van der Waals surface area contributed by atoms with Crippen LogP contribution in [0.2, 0.25) is 36.3 Å². The van der Waals surface area contributed by atoms with Crippen LogP contribution in [-0.2, 0) is 13.6 Å². The molecule has 43 heavy (non-hydrogen) atoms. The van der Waals surface area contributed by atoms with Crippen LogP contribution in [0.25, 0.3) is 21.9 Å². The number of ether oxygens (including phenoxy) is 1. The predicted octanol–water partition coefficient (Wildman–Crippen LogP) is 7.72. The highest BCUT2D eigenvalue weighted by Crippen LogP contribution is 2.43. The van der Waals surface area contributed by atoms with E-state index in [4.69, 9.17) is 18.6 Å². The van der Waals surface area contributed by atoms with Gasteiger partial charge in [0.2, 0.25) is 5.95 Å². The van der Waals surface area contributed by atoms with Crippen LogP contribution in [0.3, 0.4) is 0 Å². The molecule has 9 nitrogen and oxygen atoms in total. The Bertz CT molecular complexity index is 1660. The lowest BCUT2D eigenvalue weighted by Crippen LogP contribution is -2.48. The topological polar surface area (TPSA) is 103 Å². The average Bonchev–Trinajstić information content (AvgIpc) is 3.50. The van der Waals surface area contributed by atoms with E-state index in [0.29, 0.717) is 24.6 Å². The first-order valence-corrected chi connectivity index (χ1v) is 21.0. The van der Waals surface area contributed by atoms with Crippen molar-refractivity contribution in [1.82, 2.24) is 19.5 Å². The number of aromatic amines is 1. The zero-order valence-corrected chi connectivity index (χ0v) is 29.2. The Morgan fingerprint density at radius 1 is 1.00 bits per heavy atom. The summed E-state index contributed by atoms with van der Waals surface area (Å²) in [7, 11) is -4.12. The third-order valence-corrected chi connectivity index (χ3v) is 18.6. The maximum absolute atomic E-state index is 13.1. The van der Waals surface area contributed by atoms with Gasteiger partial charge < -0.3 is 18.9 Å². The van der Waals surface area contributed by atoms with Crippen molar-refractivity contribution < 1.29 is 13.6 Å². The van der Waals surface area contributed by atoms with Crippen LogP contribution in [0, 0.1) is 0 Å². The van der Waals surface area contributed by atoms with Crippen LogP contribution in [0.15, 0.2) is 53.6 Å². The zero-order chi connectivity index (χ0) is 31.4. The molecule has 11 heteroatoms. The van der Waals surface area contributed by atoms with E-state index in [1.54, 1.807) is 6.33 Å². The Labute approximate surface area is 256 Å². The third-order valence-electron chi connectivity index (χ3n) is 9.63. The standard InChI is InChI=1S/C32H47N5O4Si2/c1-31(2,3)42(7,8)39-19-25-24(41-43(9,10)32(4,5)6)18-26(40-25)37-20-33-27-28(37)35-30(36-29(27)38)34-23-17-13-15-21-14-11-12-16-22(21)23/h11-17,20,24-26H,18-19H2,1-10H3,(H2,34,35,36,38)/t24-,25+,26+/m0/s1. The van der Waals surface area contributed by atoms with Crippen molar-refractivity contribution in [3.8, 4) is 0 Å². The maximum Gasteiger partial charge on any atom is 0.280 e. The molecule has 1 aliphatic rings. The summed E-state index contributed by atoms with van der Waals surface area (Å²) in [4.78, 5) is 25.2. The van der Waals surface area contributed by atoms with Gasteiger partial charge in [-0.25, -0.2) is 4.98 Å². The molecule has 5 rings (SSSR count). The number of aromatic nitrogens is 4. The van der Waals surface area contributed by atoms with Gasteiger partial charge in [-0.05, 0) is 47.7 Å². The third kappa shape index (κ3) is 6.37. The van der Waals surface area contributed by atoms with Gasteiger partial charge in [0.25, 0.3) is 5.56 Å². The van der Waals surface area contributed by atoms with Crippen LogP contribution in [-0.4, -0.2) is 55.0 Å². The summed E-state index contributed by atoms with van der Waals surface area (Å²) in [5.41, 5.74) is 1.29. The van der Waals surface area contributed by atoms with Crippen LogP contribution >= 0.6 is 0 Å². The molecule has 232 valence electrons. The smallest absolute Gasteiger partial charge is 0.280 e. The summed E-state index contributed by atoms with van der Waals surface area (Å²) in [6, 6.07) is 14.1. The molecule has 0 bridgehead atoms. The van der Waals surface area contributed by atoms with Crippen LogP contribution in [0.4, 0.5) is 11.6 Å². The summed E-state index contributed by atoms with van der Waals surface area (Å²) in [5.74, 6) is 0.348. The van der Waals surface area contributed by atoms with Crippen molar-refractivity contribution in [1.29, 1.82) is 0 Å². The second-order valence-electron chi connectivity index (χ2n) is 14.7. The molecule has 0 unspecified atom stereocenters. The first-order chi connectivity index (χ1) is 20.0. The van der Waals surface area contributed by atoms with Crippen molar-refractivity contribution in [2.24, 2.45) is 0 Å². The monoisotopic (exact) mass is 621 g/mol. The molecule has 2 N–H and O–H groups in total. The van der Waals surface area contributed by atoms with Crippen molar-refractivity contribution in [3.63, 3.8) is 0 Å². The van der Waals surface area contributed by atoms with Crippen molar-refractivity contribution in [2.75, 3.05) is 11.9 Å². The van der Waals surface area contributed by atoms with E-state index in [0.717, 1.165) is 16.5 Å². The summed E-state index contributed by atoms with van der Waals surface area (Å²) in [6.07, 6.45) is 1.47. The minimum absolute atomic E-state index is 0.0503. The Hall–Kier alpha value is -2.84. The number of imidazole rings is 1. The van der Waals surface area contributed by atoms with E-state index in [9.17, 15) is 4.79 Å². The quantitative estimate of drug-likeness (QED) is 0.194. The van der Waals surface area contributed by atoms with Gasteiger partial charge in [0.05, 0.1) is 19.0 Å². The second-order valence-corrected chi connectivity index (χ2v) is 24.3. The summed E-state index contributed by atoms with van der Waals surface area (Å²) in [5, 5.41) is 5.59. The summed E-state index contributed by atoms with van der Waals surface area (Å²) >= 11 is 0. The summed E-state index contributed by atoms with van der Waals surface area (Å²) < 4.78 is 22.2. The van der Waals surface area contributed by atoms with Crippen molar-refractivity contribution in [3.05, 3.63) is 59.1 Å². The van der Waals surface area contributed by atoms with E-state index in [1.165, 1.54) is 0 Å². The lowest BCUT2D eigenvalue weighted by Gasteiger charge is -2.40. The number of H-pyrrole nitrogens is 1. The highest BCUT2D eigenvalue weighted by Gasteiger charge is 2.47. The molecule has 3 heterocycles. The molecule has 3 atom stereocenters. The van der Waals surface area contributed by atoms with E-state index < -0.39 is 22.9 Å². The Balaban J connectivity index is 1.46. The zero-order valence-electron chi connectivity index (χ0n) is 27.2. The van der Waals surface area contributed by atoms with Gasteiger partial charge in [0, 0.05) is 17.5 Å². The Morgan fingerprint density at radius 2 is 1.67 bits per heavy atom. The number of anilines is 2. The molecule has 2 aromatic carbocycles. The largest absolute Gasteiger partial charge is 0.414 e. The second kappa shape index (κ2) is 11.3. The number of nitrogens with one attached hydrogen (secondary N) is 2. The van der Waals surface area contributed by atoms with Gasteiger partial charge in [0.15, 0.2) is 27.8 Å². The van der Waals surface area contributed by atoms with Gasteiger partial charge in [-0.1, -0.05) is 77.9 Å². The lowest BCUT2D eigenvalue weighted by molar-refractivity contribution is -0.0383. The SMILES string of the molecule is CC(C)(C)[Si](C)(C)OC[C@H]1O[C@@H](n2cnc3c(=O)[nH]c(Nc4cccc5ccccc45)nc32)C[C@@H]1O[Si](C)(C)C(C)(C)C. The fraction of sp³-hybridized carbons (Fsp3) is 0.531. The van der Waals surface area contributed by atoms with E-state index >= 15 is 0 Å². The van der Waals surface area contributed by atoms with Crippen LogP contribution in [0.5, 0.6) is 0 Å². The molecule has 0 saturated carbocycles. The Morgan fingerprint density at radius 3 is 2.37 bits per heavy atom. The van der Waals surface area contributed by atoms with Gasteiger partial charge in [-0.2, -0.15) is 4.98 Å². The minimum atomic E-state index is -2.10.